The molecule has 1 aromatic heterocycles. The van der Waals surface area contributed by atoms with E-state index in [0.717, 1.165) is 29.5 Å². The van der Waals surface area contributed by atoms with Crippen molar-refractivity contribution in [3.05, 3.63) is 46.4 Å². The lowest BCUT2D eigenvalue weighted by molar-refractivity contribution is 0.0737. The summed E-state index contributed by atoms with van der Waals surface area (Å²) >= 11 is 1.66. The molecule has 2 atom stereocenters. The van der Waals surface area contributed by atoms with Crippen LogP contribution in [0.25, 0.3) is 0 Å². The number of para-hydroxylation sites is 1. The van der Waals surface area contributed by atoms with E-state index < -0.39 is 6.10 Å². The van der Waals surface area contributed by atoms with Crippen molar-refractivity contribution in [3.8, 4) is 5.75 Å². The van der Waals surface area contributed by atoms with Crippen molar-refractivity contribution in [1.82, 2.24) is 9.88 Å². The summed E-state index contributed by atoms with van der Waals surface area (Å²) in [6, 6.07) is 9.66. The zero-order valence-corrected chi connectivity index (χ0v) is 12.2. The molecule has 5 heteroatoms. The van der Waals surface area contributed by atoms with Gasteiger partial charge in [-0.25, -0.2) is 4.98 Å². The highest BCUT2D eigenvalue weighted by Crippen LogP contribution is 2.20. The Hall–Kier alpha value is -1.43. The molecule has 0 amide bonds. The maximum Gasteiger partial charge on any atom is 0.138 e. The first kappa shape index (κ1) is 13.5. The molecule has 0 spiro atoms. The molecule has 0 unspecified atom stereocenters. The standard InChI is InChI=1S/C15H18N2O2S/c1-11-16-12(10-20-11)7-17-8-14(18)15(9-17)19-13-5-3-2-4-6-13/h2-6,10,14-15,18H,7-9H2,1H3/t14-,15-/m1/s1. The van der Waals surface area contributed by atoms with Gasteiger partial charge in [-0.3, -0.25) is 4.90 Å². The van der Waals surface area contributed by atoms with Crippen LogP contribution in [-0.4, -0.2) is 40.3 Å². The maximum absolute atomic E-state index is 10.1. The van der Waals surface area contributed by atoms with Crippen molar-refractivity contribution in [2.45, 2.75) is 25.7 Å². The van der Waals surface area contributed by atoms with Gasteiger partial charge in [-0.15, -0.1) is 11.3 Å². The Morgan fingerprint density at radius 3 is 2.85 bits per heavy atom. The highest BCUT2D eigenvalue weighted by Gasteiger charge is 2.33. The van der Waals surface area contributed by atoms with Crippen LogP contribution in [0, 0.1) is 6.92 Å². The highest BCUT2D eigenvalue weighted by molar-refractivity contribution is 7.09. The van der Waals surface area contributed by atoms with Crippen molar-refractivity contribution in [2.75, 3.05) is 13.1 Å². The second-order valence-corrected chi connectivity index (χ2v) is 6.15. The number of rotatable bonds is 4. The van der Waals surface area contributed by atoms with Crippen LogP contribution in [0.15, 0.2) is 35.7 Å². The molecule has 20 heavy (non-hydrogen) atoms. The van der Waals surface area contributed by atoms with Gasteiger partial charge in [-0.1, -0.05) is 18.2 Å². The lowest BCUT2D eigenvalue weighted by Crippen LogP contribution is -2.29. The average Bonchev–Trinajstić information content (AvgIpc) is 2.98. The summed E-state index contributed by atoms with van der Waals surface area (Å²) < 4.78 is 5.85. The second-order valence-electron chi connectivity index (χ2n) is 5.09. The van der Waals surface area contributed by atoms with Crippen LogP contribution >= 0.6 is 11.3 Å². The first-order valence-corrected chi connectivity index (χ1v) is 7.62. The molecule has 0 radical (unpaired) electrons. The summed E-state index contributed by atoms with van der Waals surface area (Å²) in [5, 5.41) is 13.3. The molecule has 2 aromatic rings. The number of ether oxygens (including phenoxy) is 1. The van der Waals surface area contributed by atoms with Gasteiger partial charge >= 0.3 is 0 Å². The predicted molar refractivity (Wildman–Crippen MR) is 79.0 cm³/mol. The lowest BCUT2D eigenvalue weighted by Gasteiger charge is -2.16. The van der Waals surface area contributed by atoms with Crippen molar-refractivity contribution < 1.29 is 9.84 Å². The minimum atomic E-state index is -0.449. The summed E-state index contributed by atoms with van der Waals surface area (Å²) in [6.07, 6.45) is -0.618. The van der Waals surface area contributed by atoms with Gasteiger partial charge in [0.15, 0.2) is 0 Å². The Morgan fingerprint density at radius 2 is 2.15 bits per heavy atom. The zero-order valence-electron chi connectivity index (χ0n) is 11.4. The normalized spacial score (nSPS) is 23.1. The fourth-order valence-corrected chi connectivity index (χ4v) is 3.07. The second kappa shape index (κ2) is 5.91. The third-order valence-corrected chi connectivity index (χ3v) is 4.22. The van der Waals surface area contributed by atoms with Gasteiger partial charge in [0.25, 0.3) is 0 Å². The van der Waals surface area contributed by atoms with Crippen LogP contribution in [0.2, 0.25) is 0 Å². The van der Waals surface area contributed by atoms with Gasteiger partial charge in [-0.2, -0.15) is 0 Å². The van der Waals surface area contributed by atoms with Crippen molar-refractivity contribution in [1.29, 1.82) is 0 Å². The summed E-state index contributed by atoms with van der Waals surface area (Å²) in [4.78, 5) is 6.65. The van der Waals surface area contributed by atoms with E-state index in [1.165, 1.54) is 0 Å². The quantitative estimate of drug-likeness (QED) is 0.936. The highest BCUT2D eigenvalue weighted by atomic mass is 32.1. The number of β-amino-alcohol motifs (C(OH)–C–C–N with tert-alkyl or cyclic N) is 1. The number of aliphatic hydroxyl groups is 1. The molecule has 1 aliphatic heterocycles. The number of benzene rings is 1. The molecule has 106 valence electrons. The van der Waals surface area contributed by atoms with Crippen LogP contribution in [0.4, 0.5) is 0 Å². The number of hydrogen-bond acceptors (Lipinski definition) is 5. The average molecular weight is 290 g/mol. The van der Waals surface area contributed by atoms with E-state index >= 15 is 0 Å². The van der Waals surface area contributed by atoms with E-state index in [1.54, 1.807) is 11.3 Å². The van der Waals surface area contributed by atoms with Gasteiger partial charge in [0, 0.05) is 25.0 Å². The van der Waals surface area contributed by atoms with Crippen LogP contribution in [-0.2, 0) is 6.54 Å². The molecule has 0 saturated carbocycles. The van der Waals surface area contributed by atoms with Gasteiger partial charge in [0.2, 0.25) is 0 Å². The molecular formula is C15H18N2O2S. The van der Waals surface area contributed by atoms with E-state index in [0.29, 0.717) is 6.54 Å². The number of aryl methyl sites for hydroxylation is 1. The number of thiazole rings is 1. The Kier molecular flexibility index (Phi) is 4.00. The summed E-state index contributed by atoms with van der Waals surface area (Å²) in [7, 11) is 0. The molecule has 1 fully saturated rings. The summed E-state index contributed by atoms with van der Waals surface area (Å²) in [5.41, 5.74) is 1.07. The molecule has 1 aliphatic rings. The topological polar surface area (TPSA) is 45.6 Å². The van der Waals surface area contributed by atoms with Gasteiger partial charge < -0.3 is 9.84 Å². The Labute approximate surface area is 122 Å². The molecule has 2 heterocycles. The van der Waals surface area contributed by atoms with Crippen LogP contribution in [0.5, 0.6) is 5.75 Å². The van der Waals surface area contributed by atoms with Crippen molar-refractivity contribution >= 4 is 11.3 Å². The Morgan fingerprint density at radius 1 is 1.35 bits per heavy atom. The van der Waals surface area contributed by atoms with Gasteiger partial charge in [0.1, 0.15) is 18.0 Å². The summed E-state index contributed by atoms with van der Waals surface area (Å²) in [5.74, 6) is 0.808. The number of aliphatic hydroxyl groups excluding tert-OH is 1. The SMILES string of the molecule is Cc1nc(CN2C[C@@H](O)[C@H](Oc3ccccc3)C2)cs1. The minimum Gasteiger partial charge on any atom is -0.486 e. The van der Waals surface area contributed by atoms with E-state index in [1.807, 2.05) is 37.3 Å². The predicted octanol–water partition coefficient (Wildman–Crippen LogP) is 2.08. The monoisotopic (exact) mass is 290 g/mol. The molecule has 3 rings (SSSR count). The first-order chi connectivity index (χ1) is 9.70. The zero-order chi connectivity index (χ0) is 13.9. The maximum atomic E-state index is 10.1. The fourth-order valence-electron chi connectivity index (χ4n) is 2.46. The van der Waals surface area contributed by atoms with Gasteiger partial charge in [-0.05, 0) is 19.1 Å². The Balaban J connectivity index is 1.59. The molecule has 4 nitrogen and oxygen atoms in total. The van der Waals surface area contributed by atoms with Crippen LogP contribution in [0.3, 0.4) is 0 Å². The van der Waals surface area contributed by atoms with E-state index in [2.05, 4.69) is 15.3 Å². The van der Waals surface area contributed by atoms with E-state index in [9.17, 15) is 5.11 Å². The number of likely N-dealkylation sites (tertiary alicyclic amines) is 1. The first-order valence-electron chi connectivity index (χ1n) is 6.74. The van der Waals surface area contributed by atoms with E-state index in [4.69, 9.17) is 4.74 Å². The molecule has 1 N–H and O–H groups in total. The number of nitrogens with zero attached hydrogens (tertiary/aromatic N) is 2. The largest absolute Gasteiger partial charge is 0.486 e. The fraction of sp³-hybridized carbons (Fsp3) is 0.400. The van der Waals surface area contributed by atoms with E-state index in [-0.39, 0.29) is 6.10 Å². The molecular weight excluding hydrogens is 272 g/mol. The molecule has 1 aromatic carbocycles. The Bertz CT molecular complexity index is 558. The molecule has 0 bridgehead atoms. The van der Waals surface area contributed by atoms with Crippen molar-refractivity contribution in [3.63, 3.8) is 0 Å². The third-order valence-electron chi connectivity index (χ3n) is 3.40. The summed E-state index contributed by atoms with van der Waals surface area (Å²) in [6.45, 7) is 4.14. The number of aromatic nitrogens is 1. The van der Waals surface area contributed by atoms with Crippen LogP contribution < -0.4 is 4.74 Å². The van der Waals surface area contributed by atoms with Crippen molar-refractivity contribution in [2.24, 2.45) is 0 Å². The lowest BCUT2D eigenvalue weighted by atomic mass is 10.2. The number of hydrogen-bond donors (Lipinski definition) is 1. The minimum absolute atomic E-state index is 0.169. The third kappa shape index (κ3) is 3.17. The molecule has 0 aliphatic carbocycles. The van der Waals surface area contributed by atoms with Gasteiger partial charge in [0.05, 0.1) is 10.7 Å². The van der Waals surface area contributed by atoms with Crippen LogP contribution in [0.1, 0.15) is 10.7 Å². The molecule has 1 saturated heterocycles. The smallest absolute Gasteiger partial charge is 0.138 e.